The van der Waals surface area contributed by atoms with E-state index in [2.05, 4.69) is 15.3 Å². The molecule has 0 saturated heterocycles. The third-order valence-electron chi connectivity index (χ3n) is 2.95. The van der Waals surface area contributed by atoms with Gasteiger partial charge in [-0.25, -0.2) is 4.98 Å². The van der Waals surface area contributed by atoms with Crippen molar-refractivity contribution in [2.24, 2.45) is 0 Å². The van der Waals surface area contributed by atoms with Crippen LogP contribution < -0.4 is 10.2 Å². The molecular formula is C12H19F3N4. The first kappa shape index (κ1) is 15.5. The molecule has 1 heterocycles. The third-order valence-corrected chi connectivity index (χ3v) is 2.95. The molecule has 0 radical (unpaired) electrons. The van der Waals surface area contributed by atoms with E-state index in [0.29, 0.717) is 6.54 Å². The molecule has 0 aliphatic carbocycles. The van der Waals surface area contributed by atoms with E-state index in [9.17, 15) is 13.2 Å². The SMILES string of the molecule is CCNc1nc(N(C)C(C)CC)cc(C(F)(F)F)n1. The first-order chi connectivity index (χ1) is 8.79. The number of nitrogens with one attached hydrogen (secondary N) is 1. The first-order valence-electron chi connectivity index (χ1n) is 6.22. The largest absolute Gasteiger partial charge is 0.433 e. The molecule has 1 N–H and O–H groups in total. The van der Waals surface area contributed by atoms with E-state index < -0.39 is 11.9 Å². The van der Waals surface area contributed by atoms with Crippen LogP contribution in [0.2, 0.25) is 0 Å². The van der Waals surface area contributed by atoms with E-state index in [4.69, 9.17) is 0 Å². The lowest BCUT2D eigenvalue weighted by molar-refractivity contribution is -0.141. The third kappa shape index (κ3) is 3.97. The predicted molar refractivity (Wildman–Crippen MR) is 69.4 cm³/mol. The second kappa shape index (κ2) is 6.08. The Labute approximate surface area is 111 Å². The minimum absolute atomic E-state index is 0.00229. The van der Waals surface area contributed by atoms with E-state index >= 15 is 0 Å². The van der Waals surface area contributed by atoms with Crippen molar-refractivity contribution in [3.63, 3.8) is 0 Å². The molecule has 0 aromatic carbocycles. The van der Waals surface area contributed by atoms with Crippen molar-refractivity contribution in [2.75, 3.05) is 23.8 Å². The highest BCUT2D eigenvalue weighted by Gasteiger charge is 2.34. The summed E-state index contributed by atoms with van der Waals surface area (Å²) in [7, 11) is 1.73. The molecule has 1 aromatic rings. The summed E-state index contributed by atoms with van der Waals surface area (Å²) in [5.41, 5.74) is -0.927. The summed E-state index contributed by atoms with van der Waals surface area (Å²) in [6, 6.07) is 1.08. The Bertz CT molecular complexity index is 420. The summed E-state index contributed by atoms with van der Waals surface area (Å²) in [6.07, 6.45) is -3.66. The highest BCUT2D eigenvalue weighted by atomic mass is 19.4. The van der Waals surface area contributed by atoms with Gasteiger partial charge in [0.15, 0.2) is 5.69 Å². The van der Waals surface area contributed by atoms with Crippen LogP contribution in [-0.4, -0.2) is 29.6 Å². The lowest BCUT2D eigenvalue weighted by Gasteiger charge is -2.25. The van der Waals surface area contributed by atoms with Crippen molar-refractivity contribution in [2.45, 2.75) is 39.4 Å². The fraction of sp³-hybridized carbons (Fsp3) is 0.667. The zero-order chi connectivity index (χ0) is 14.6. The summed E-state index contributed by atoms with van der Waals surface area (Å²) in [4.78, 5) is 9.32. The summed E-state index contributed by atoms with van der Waals surface area (Å²) in [5.74, 6) is 0.273. The molecule has 1 aromatic heterocycles. The van der Waals surface area contributed by atoms with Gasteiger partial charge in [-0.15, -0.1) is 0 Å². The quantitative estimate of drug-likeness (QED) is 0.897. The Hall–Kier alpha value is -1.53. The molecule has 108 valence electrons. The molecule has 19 heavy (non-hydrogen) atoms. The van der Waals surface area contributed by atoms with Gasteiger partial charge in [0.2, 0.25) is 5.95 Å². The number of hydrogen-bond acceptors (Lipinski definition) is 4. The van der Waals surface area contributed by atoms with Gasteiger partial charge in [-0.05, 0) is 20.3 Å². The molecule has 4 nitrogen and oxygen atoms in total. The van der Waals surface area contributed by atoms with Crippen LogP contribution in [0.5, 0.6) is 0 Å². The fourth-order valence-electron chi connectivity index (χ4n) is 1.50. The van der Waals surface area contributed by atoms with Crippen molar-refractivity contribution in [3.8, 4) is 0 Å². The van der Waals surface area contributed by atoms with Crippen LogP contribution in [0.25, 0.3) is 0 Å². The molecule has 0 aliphatic heterocycles. The standard InChI is InChI=1S/C12H19F3N4/c1-5-8(3)19(4)10-7-9(12(13,14)15)17-11(18-10)16-6-2/h7-8H,5-6H2,1-4H3,(H,16,17,18). The minimum Gasteiger partial charge on any atom is -0.357 e. The molecular weight excluding hydrogens is 257 g/mol. The summed E-state index contributed by atoms with van der Waals surface area (Å²) >= 11 is 0. The second-order valence-electron chi connectivity index (χ2n) is 4.33. The molecule has 1 atom stereocenters. The number of aromatic nitrogens is 2. The van der Waals surface area contributed by atoms with Crippen LogP contribution in [0.3, 0.4) is 0 Å². The monoisotopic (exact) mass is 276 g/mol. The maximum atomic E-state index is 12.8. The van der Waals surface area contributed by atoms with Gasteiger partial charge in [-0.3, -0.25) is 0 Å². The molecule has 0 saturated carbocycles. The van der Waals surface area contributed by atoms with E-state index in [0.717, 1.165) is 12.5 Å². The Morgan fingerprint density at radius 3 is 2.42 bits per heavy atom. The van der Waals surface area contributed by atoms with E-state index in [1.54, 1.807) is 18.9 Å². The smallest absolute Gasteiger partial charge is 0.357 e. The number of halogens is 3. The average Bonchev–Trinajstić information content (AvgIpc) is 2.36. The molecule has 7 heteroatoms. The van der Waals surface area contributed by atoms with Gasteiger partial charge in [-0.2, -0.15) is 18.2 Å². The molecule has 1 unspecified atom stereocenters. The average molecular weight is 276 g/mol. The van der Waals surface area contributed by atoms with Gasteiger partial charge in [0.05, 0.1) is 0 Å². The summed E-state index contributed by atoms with van der Waals surface area (Å²) in [5, 5.41) is 2.72. The molecule has 0 aliphatic rings. The fourth-order valence-corrected chi connectivity index (χ4v) is 1.50. The molecule has 0 amide bonds. The first-order valence-corrected chi connectivity index (χ1v) is 6.22. The highest BCUT2D eigenvalue weighted by Crippen LogP contribution is 2.30. The van der Waals surface area contributed by atoms with Gasteiger partial charge < -0.3 is 10.2 Å². The molecule has 1 rings (SSSR count). The van der Waals surface area contributed by atoms with Crippen molar-refractivity contribution < 1.29 is 13.2 Å². The zero-order valence-corrected chi connectivity index (χ0v) is 11.5. The van der Waals surface area contributed by atoms with Crippen molar-refractivity contribution in [1.29, 1.82) is 0 Å². The number of rotatable bonds is 5. The van der Waals surface area contributed by atoms with Crippen LogP contribution in [0.15, 0.2) is 6.07 Å². The Kier molecular flexibility index (Phi) is 4.97. The second-order valence-corrected chi connectivity index (χ2v) is 4.33. The topological polar surface area (TPSA) is 41.1 Å². The maximum Gasteiger partial charge on any atom is 0.433 e. The summed E-state index contributed by atoms with van der Waals surface area (Å²) < 4.78 is 38.4. The van der Waals surface area contributed by atoms with Crippen LogP contribution in [-0.2, 0) is 6.18 Å². The lowest BCUT2D eigenvalue weighted by Crippen LogP contribution is -2.29. The van der Waals surface area contributed by atoms with Crippen LogP contribution in [0, 0.1) is 0 Å². The normalized spacial score (nSPS) is 13.2. The molecule has 0 bridgehead atoms. The van der Waals surface area contributed by atoms with Crippen LogP contribution >= 0.6 is 0 Å². The summed E-state index contributed by atoms with van der Waals surface area (Å²) in [6.45, 7) is 6.15. The number of hydrogen-bond donors (Lipinski definition) is 1. The minimum atomic E-state index is -4.47. The van der Waals surface area contributed by atoms with Gasteiger partial charge in [0.1, 0.15) is 5.82 Å². The maximum absolute atomic E-state index is 12.8. The van der Waals surface area contributed by atoms with E-state index in [-0.39, 0.29) is 17.8 Å². The van der Waals surface area contributed by atoms with Gasteiger partial charge in [0.25, 0.3) is 0 Å². The van der Waals surface area contributed by atoms with Crippen molar-refractivity contribution in [1.82, 2.24) is 9.97 Å². The van der Waals surface area contributed by atoms with Gasteiger partial charge in [-0.1, -0.05) is 6.92 Å². The van der Waals surface area contributed by atoms with Gasteiger partial charge in [0, 0.05) is 25.7 Å². The number of anilines is 2. The Balaban J connectivity index is 3.20. The van der Waals surface area contributed by atoms with Crippen molar-refractivity contribution in [3.05, 3.63) is 11.8 Å². The number of nitrogens with zero attached hydrogens (tertiary/aromatic N) is 3. The van der Waals surface area contributed by atoms with Crippen molar-refractivity contribution >= 4 is 11.8 Å². The molecule has 0 spiro atoms. The number of alkyl halides is 3. The van der Waals surface area contributed by atoms with E-state index in [1.807, 2.05) is 13.8 Å². The van der Waals surface area contributed by atoms with E-state index in [1.165, 1.54) is 0 Å². The predicted octanol–water partition coefficient (Wildman–Crippen LogP) is 3.16. The lowest BCUT2D eigenvalue weighted by atomic mass is 10.2. The van der Waals surface area contributed by atoms with Crippen LogP contribution in [0.4, 0.5) is 24.9 Å². The molecule has 0 fully saturated rings. The van der Waals surface area contributed by atoms with Gasteiger partial charge >= 0.3 is 6.18 Å². The Morgan fingerprint density at radius 2 is 1.95 bits per heavy atom. The van der Waals surface area contributed by atoms with Crippen LogP contribution in [0.1, 0.15) is 32.9 Å². The zero-order valence-electron chi connectivity index (χ0n) is 11.5. The Morgan fingerprint density at radius 1 is 1.32 bits per heavy atom. The highest BCUT2D eigenvalue weighted by molar-refractivity contribution is 5.45.